The number of anilines is 1. The molecule has 1 atom stereocenters. The van der Waals surface area contributed by atoms with E-state index in [4.69, 9.17) is 0 Å². The Morgan fingerprint density at radius 3 is 2.50 bits per heavy atom. The molecular weight excluding hydrogens is 376 g/mol. The number of sulfone groups is 1. The predicted molar refractivity (Wildman–Crippen MR) is 109 cm³/mol. The topological polar surface area (TPSA) is 95.2 Å². The summed E-state index contributed by atoms with van der Waals surface area (Å²) in [4.78, 5) is 14.8. The number of rotatable bonds is 6. The summed E-state index contributed by atoms with van der Waals surface area (Å²) in [6.45, 7) is 6.62. The van der Waals surface area contributed by atoms with Crippen LogP contribution < -0.4 is 5.32 Å². The summed E-state index contributed by atoms with van der Waals surface area (Å²) in [6.07, 6.45) is 5.02. The van der Waals surface area contributed by atoms with Gasteiger partial charge in [-0.25, -0.2) is 8.42 Å². The molecule has 0 spiro atoms. The average Bonchev–Trinajstić information content (AvgIpc) is 3.33. The van der Waals surface area contributed by atoms with E-state index in [9.17, 15) is 18.5 Å². The molecule has 154 valence electrons. The highest BCUT2D eigenvalue weighted by atomic mass is 32.2. The van der Waals surface area contributed by atoms with Gasteiger partial charge in [0.1, 0.15) is 11.9 Å². The van der Waals surface area contributed by atoms with Crippen molar-refractivity contribution in [3.05, 3.63) is 16.8 Å². The molecule has 3 rings (SSSR count). The first-order valence-electron chi connectivity index (χ1n) is 10.1. The molecule has 1 saturated carbocycles. The molecule has 1 aromatic rings. The van der Waals surface area contributed by atoms with Crippen molar-refractivity contribution < 1.29 is 13.2 Å². The summed E-state index contributed by atoms with van der Waals surface area (Å²) in [5, 5.41) is 12.6. The first-order chi connectivity index (χ1) is 13.3. The minimum absolute atomic E-state index is 0.110. The predicted octanol–water partition coefficient (Wildman–Crippen LogP) is 2.54. The highest BCUT2D eigenvalue weighted by molar-refractivity contribution is 7.91. The number of amides is 1. The van der Waals surface area contributed by atoms with Crippen molar-refractivity contribution in [1.82, 2.24) is 9.47 Å². The Labute approximate surface area is 167 Å². The maximum atomic E-state index is 12.8. The van der Waals surface area contributed by atoms with E-state index < -0.39 is 9.84 Å². The van der Waals surface area contributed by atoms with Crippen molar-refractivity contribution in [1.29, 1.82) is 5.26 Å². The van der Waals surface area contributed by atoms with Crippen LogP contribution in [0.25, 0.3) is 0 Å². The highest BCUT2D eigenvalue weighted by Gasteiger charge is 2.33. The fourth-order valence-electron chi connectivity index (χ4n) is 4.62. The molecule has 1 saturated heterocycles. The van der Waals surface area contributed by atoms with Crippen LogP contribution in [-0.4, -0.2) is 54.4 Å². The number of nitrogens with one attached hydrogen (secondary N) is 1. The van der Waals surface area contributed by atoms with E-state index >= 15 is 0 Å². The number of likely N-dealkylation sites (N-methyl/N-ethyl adjacent to an activating group) is 1. The number of aromatic nitrogens is 1. The van der Waals surface area contributed by atoms with Crippen LogP contribution in [0.1, 0.15) is 61.9 Å². The van der Waals surface area contributed by atoms with Crippen LogP contribution in [0.2, 0.25) is 0 Å². The second kappa shape index (κ2) is 8.26. The van der Waals surface area contributed by atoms with Crippen molar-refractivity contribution in [2.45, 2.75) is 65.0 Å². The van der Waals surface area contributed by atoms with E-state index in [1.165, 1.54) is 0 Å². The third-order valence-electron chi connectivity index (χ3n) is 6.29. The summed E-state index contributed by atoms with van der Waals surface area (Å²) in [7, 11) is -3.00. The molecule has 1 aromatic heterocycles. The summed E-state index contributed by atoms with van der Waals surface area (Å²) in [6, 6.07) is 2.47. The molecule has 0 aromatic carbocycles. The van der Waals surface area contributed by atoms with Crippen LogP contribution in [0.3, 0.4) is 0 Å². The molecule has 1 N–H and O–H groups in total. The molecule has 7 nitrogen and oxygen atoms in total. The first-order valence-corrected chi connectivity index (χ1v) is 11.9. The van der Waals surface area contributed by atoms with Crippen LogP contribution >= 0.6 is 0 Å². The standard InChI is InChI=1S/C20H30N4O3S/c1-4-23(17-9-10-28(26,27)13-17)12-19(25)22-20-18(11-21)14(2)15(3)24(20)16-7-5-6-8-16/h16-17H,4-10,12-13H2,1-3H3,(H,22,25). The Morgan fingerprint density at radius 2 is 1.96 bits per heavy atom. The summed E-state index contributed by atoms with van der Waals surface area (Å²) >= 11 is 0. The minimum Gasteiger partial charge on any atom is -0.327 e. The molecular formula is C20H30N4O3S. The SMILES string of the molecule is CCN(CC(=O)Nc1c(C#N)c(C)c(C)n1C1CCCC1)C1CCS(=O)(=O)C1. The summed E-state index contributed by atoms with van der Waals surface area (Å²) in [5.74, 6) is 0.717. The van der Waals surface area contributed by atoms with Crippen molar-refractivity contribution in [2.75, 3.05) is 29.9 Å². The number of hydrogen-bond acceptors (Lipinski definition) is 5. The molecule has 1 aliphatic carbocycles. The first kappa shape index (κ1) is 20.9. The number of nitriles is 1. The van der Waals surface area contributed by atoms with E-state index in [1.807, 2.05) is 25.7 Å². The lowest BCUT2D eigenvalue weighted by Gasteiger charge is -2.26. The van der Waals surface area contributed by atoms with Crippen molar-refractivity contribution in [3.8, 4) is 6.07 Å². The molecule has 1 unspecified atom stereocenters. The zero-order valence-corrected chi connectivity index (χ0v) is 17.8. The van der Waals surface area contributed by atoms with E-state index in [0.29, 0.717) is 30.4 Å². The molecule has 0 radical (unpaired) electrons. The molecule has 0 bridgehead atoms. The second-order valence-corrected chi connectivity index (χ2v) is 10.3. The van der Waals surface area contributed by atoms with Crippen LogP contribution in [0.5, 0.6) is 0 Å². The molecule has 28 heavy (non-hydrogen) atoms. The Balaban J connectivity index is 1.80. The Kier molecular flexibility index (Phi) is 6.15. The molecule has 1 aliphatic heterocycles. The van der Waals surface area contributed by atoms with Gasteiger partial charge in [0.25, 0.3) is 0 Å². The quantitative estimate of drug-likeness (QED) is 0.783. The average molecular weight is 407 g/mol. The Bertz CT molecular complexity index is 892. The fourth-order valence-corrected chi connectivity index (χ4v) is 6.39. The third kappa shape index (κ3) is 4.11. The van der Waals surface area contributed by atoms with Crippen molar-refractivity contribution in [3.63, 3.8) is 0 Å². The second-order valence-electron chi connectivity index (χ2n) is 8.02. The van der Waals surface area contributed by atoms with Gasteiger partial charge in [-0.1, -0.05) is 19.8 Å². The Hall–Kier alpha value is -1.85. The van der Waals surface area contributed by atoms with E-state index in [0.717, 1.165) is 36.9 Å². The maximum Gasteiger partial charge on any atom is 0.239 e. The van der Waals surface area contributed by atoms with Gasteiger partial charge in [-0.2, -0.15) is 5.26 Å². The van der Waals surface area contributed by atoms with E-state index in [1.54, 1.807) is 0 Å². The lowest BCUT2D eigenvalue weighted by Crippen LogP contribution is -2.41. The maximum absolute atomic E-state index is 12.8. The molecule has 2 heterocycles. The lowest BCUT2D eigenvalue weighted by molar-refractivity contribution is -0.117. The fraction of sp³-hybridized carbons (Fsp3) is 0.700. The number of carbonyl (C=O) groups excluding carboxylic acids is 1. The Morgan fingerprint density at radius 1 is 1.29 bits per heavy atom. The van der Waals surface area contributed by atoms with Crippen LogP contribution in [0.4, 0.5) is 5.82 Å². The van der Waals surface area contributed by atoms with Gasteiger partial charge < -0.3 is 9.88 Å². The van der Waals surface area contributed by atoms with Gasteiger partial charge in [-0.3, -0.25) is 9.69 Å². The van der Waals surface area contributed by atoms with E-state index in [-0.39, 0.29) is 30.0 Å². The zero-order chi connectivity index (χ0) is 20.5. The minimum atomic E-state index is -3.00. The number of hydrogen-bond donors (Lipinski definition) is 1. The summed E-state index contributed by atoms with van der Waals surface area (Å²) in [5.41, 5.74) is 2.48. The van der Waals surface area contributed by atoms with Crippen LogP contribution in [0, 0.1) is 25.2 Å². The highest BCUT2D eigenvalue weighted by Crippen LogP contribution is 2.37. The van der Waals surface area contributed by atoms with Gasteiger partial charge in [-0.05, 0) is 45.2 Å². The molecule has 8 heteroatoms. The smallest absolute Gasteiger partial charge is 0.239 e. The molecule has 1 amide bonds. The largest absolute Gasteiger partial charge is 0.327 e. The van der Waals surface area contributed by atoms with Crippen LogP contribution in [0.15, 0.2) is 0 Å². The van der Waals surface area contributed by atoms with Crippen molar-refractivity contribution in [2.24, 2.45) is 0 Å². The number of carbonyl (C=O) groups is 1. The third-order valence-corrected chi connectivity index (χ3v) is 8.04. The van der Waals surface area contributed by atoms with Crippen LogP contribution in [-0.2, 0) is 14.6 Å². The van der Waals surface area contributed by atoms with Gasteiger partial charge in [0.2, 0.25) is 5.91 Å². The number of nitrogens with zero attached hydrogens (tertiary/aromatic N) is 3. The van der Waals surface area contributed by atoms with Crippen molar-refractivity contribution >= 4 is 21.6 Å². The van der Waals surface area contributed by atoms with Gasteiger partial charge in [0.05, 0.1) is 23.6 Å². The monoisotopic (exact) mass is 406 g/mol. The zero-order valence-electron chi connectivity index (χ0n) is 17.0. The normalized spacial score (nSPS) is 21.9. The van der Waals surface area contributed by atoms with Gasteiger partial charge >= 0.3 is 0 Å². The van der Waals surface area contributed by atoms with Gasteiger partial charge in [0, 0.05) is 17.8 Å². The molecule has 2 aliphatic rings. The summed E-state index contributed by atoms with van der Waals surface area (Å²) < 4.78 is 25.7. The lowest BCUT2D eigenvalue weighted by atomic mass is 10.2. The molecule has 2 fully saturated rings. The van der Waals surface area contributed by atoms with Gasteiger partial charge in [0.15, 0.2) is 9.84 Å². The van der Waals surface area contributed by atoms with Gasteiger partial charge in [-0.15, -0.1) is 0 Å². The van der Waals surface area contributed by atoms with E-state index in [2.05, 4.69) is 16.0 Å².